The number of hydrogen-bond donors (Lipinski definition) is 0. The molecule has 0 spiro atoms. The molecule has 29 heavy (non-hydrogen) atoms. The normalized spacial score (nSPS) is 10.8. The van der Waals surface area contributed by atoms with E-state index in [1.807, 2.05) is 6.20 Å². The first-order chi connectivity index (χ1) is 13.5. The lowest BCUT2D eigenvalue weighted by Crippen LogP contribution is -2.04. The van der Waals surface area contributed by atoms with Gasteiger partial charge in [-0.2, -0.15) is 0 Å². The molecule has 0 bridgehead atoms. The monoisotopic (exact) mass is 414 g/mol. The fourth-order valence-electron chi connectivity index (χ4n) is 3.37. The van der Waals surface area contributed by atoms with E-state index in [1.54, 1.807) is 30.5 Å². The minimum Gasteiger partial charge on any atom is -0.485 e. The van der Waals surface area contributed by atoms with Crippen molar-refractivity contribution in [1.82, 2.24) is 9.55 Å². The van der Waals surface area contributed by atoms with Gasteiger partial charge in [0.1, 0.15) is 18.2 Å². The van der Waals surface area contributed by atoms with Gasteiger partial charge in [-0.1, -0.05) is 24.3 Å². The summed E-state index contributed by atoms with van der Waals surface area (Å²) in [6.45, 7) is 5.04. The number of rotatable bonds is 5. The van der Waals surface area contributed by atoms with Crippen molar-refractivity contribution in [2.75, 3.05) is 0 Å². The maximum Gasteiger partial charge on any atom is 0.162 e. The van der Waals surface area contributed by atoms with Gasteiger partial charge in [-0.05, 0) is 54.8 Å². The quantitative estimate of drug-likeness (QED) is 0.401. The molecule has 0 unspecified atom stereocenters. The van der Waals surface area contributed by atoms with E-state index in [2.05, 4.69) is 23.4 Å². The average molecular weight is 415 g/mol. The van der Waals surface area contributed by atoms with E-state index in [0.717, 1.165) is 33.3 Å². The van der Waals surface area contributed by atoms with Gasteiger partial charge in [-0.25, -0.2) is 8.78 Å². The first kappa shape index (κ1) is 20.8. The highest BCUT2D eigenvalue weighted by atomic mass is 35.5. The zero-order valence-electron chi connectivity index (χ0n) is 16.2. The summed E-state index contributed by atoms with van der Waals surface area (Å²) in [5, 5.41) is 1.02. The summed E-state index contributed by atoms with van der Waals surface area (Å²) < 4.78 is 34.6. The average Bonchev–Trinajstić information content (AvgIpc) is 2.95. The van der Waals surface area contributed by atoms with Gasteiger partial charge in [-0.3, -0.25) is 4.98 Å². The fourth-order valence-corrected chi connectivity index (χ4v) is 3.37. The molecule has 6 heteroatoms. The third kappa shape index (κ3) is 4.25. The van der Waals surface area contributed by atoms with Crippen LogP contribution in [0.1, 0.15) is 22.4 Å². The summed E-state index contributed by atoms with van der Waals surface area (Å²) in [6.07, 6.45) is 3.54. The van der Waals surface area contributed by atoms with Crippen molar-refractivity contribution in [2.24, 2.45) is 0 Å². The van der Waals surface area contributed by atoms with Crippen LogP contribution in [-0.2, 0) is 13.2 Å². The van der Waals surface area contributed by atoms with E-state index in [9.17, 15) is 8.78 Å². The van der Waals surface area contributed by atoms with E-state index in [4.69, 9.17) is 4.74 Å². The largest absolute Gasteiger partial charge is 0.485 e. The Morgan fingerprint density at radius 2 is 1.45 bits per heavy atom. The standard InChI is InChI=1S/C23H20F2N2O.ClH/c1-15-16(2)27(13-17-3-7-19(24)8-4-17)23-21(15)11-26-12-22(23)28-14-18-5-9-20(25)10-6-18;/h3-12H,13-14H2,1-2H3;1H. The lowest BCUT2D eigenvalue weighted by atomic mass is 10.2. The van der Waals surface area contributed by atoms with Crippen LogP contribution in [0.2, 0.25) is 0 Å². The predicted molar refractivity (Wildman–Crippen MR) is 113 cm³/mol. The summed E-state index contributed by atoms with van der Waals surface area (Å²) >= 11 is 0. The molecule has 4 aromatic rings. The number of aromatic nitrogens is 2. The Morgan fingerprint density at radius 1 is 0.862 bits per heavy atom. The fraction of sp³-hybridized carbons (Fsp3) is 0.174. The number of nitrogens with zero attached hydrogens (tertiary/aromatic N) is 2. The minimum absolute atomic E-state index is 0. The van der Waals surface area contributed by atoms with Crippen molar-refractivity contribution >= 4 is 23.3 Å². The third-order valence-corrected chi connectivity index (χ3v) is 5.07. The predicted octanol–water partition coefficient (Wildman–Crippen LogP) is 5.98. The maximum atomic E-state index is 13.3. The Morgan fingerprint density at radius 3 is 2.07 bits per heavy atom. The molecule has 2 aromatic carbocycles. The molecule has 2 aromatic heterocycles. The van der Waals surface area contributed by atoms with Crippen LogP contribution in [0.4, 0.5) is 8.78 Å². The Balaban J connectivity index is 0.00000240. The lowest BCUT2D eigenvalue weighted by Gasteiger charge is -2.13. The number of hydrogen-bond acceptors (Lipinski definition) is 2. The second-order valence-electron chi connectivity index (χ2n) is 6.87. The van der Waals surface area contributed by atoms with Crippen LogP contribution in [-0.4, -0.2) is 9.55 Å². The molecular formula is C23H21ClF2N2O. The van der Waals surface area contributed by atoms with Crippen molar-refractivity contribution in [2.45, 2.75) is 27.0 Å². The van der Waals surface area contributed by atoms with Crippen LogP contribution in [0, 0.1) is 25.5 Å². The van der Waals surface area contributed by atoms with E-state index in [-0.39, 0.29) is 24.0 Å². The summed E-state index contributed by atoms with van der Waals surface area (Å²) in [7, 11) is 0. The number of pyridine rings is 1. The lowest BCUT2D eigenvalue weighted by molar-refractivity contribution is 0.307. The first-order valence-corrected chi connectivity index (χ1v) is 9.08. The zero-order chi connectivity index (χ0) is 19.7. The van der Waals surface area contributed by atoms with Crippen LogP contribution < -0.4 is 4.74 Å². The summed E-state index contributed by atoms with van der Waals surface area (Å²) in [4.78, 5) is 4.33. The van der Waals surface area contributed by atoms with Crippen molar-refractivity contribution in [3.05, 3.63) is 94.9 Å². The molecule has 0 saturated heterocycles. The van der Waals surface area contributed by atoms with E-state index in [0.29, 0.717) is 18.9 Å². The van der Waals surface area contributed by atoms with Gasteiger partial charge in [0.15, 0.2) is 5.75 Å². The molecule has 0 aliphatic carbocycles. The number of ether oxygens (including phenoxy) is 1. The van der Waals surface area contributed by atoms with Gasteiger partial charge >= 0.3 is 0 Å². The molecule has 0 fully saturated rings. The topological polar surface area (TPSA) is 27.1 Å². The van der Waals surface area contributed by atoms with E-state index in [1.165, 1.54) is 24.3 Å². The number of benzene rings is 2. The minimum atomic E-state index is -0.271. The second kappa shape index (κ2) is 8.62. The Hall–Kier alpha value is -2.92. The molecule has 3 nitrogen and oxygen atoms in total. The molecule has 0 amide bonds. The van der Waals surface area contributed by atoms with Crippen LogP contribution in [0.25, 0.3) is 10.9 Å². The molecule has 0 radical (unpaired) electrons. The Labute approximate surface area is 174 Å². The van der Waals surface area contributed by atoms with E-state index >= 15 is 0 Å². The molecule has 0 saturated carbocycles. The Bertz CT molecular complexity index is 1120. The SMILES string of the molecule is Cc1c(C)n(Cc2ccc(F)cc2)c2c(OCc3ccc(F)cc3)cncc12.Cl. The van der Waals surface area contributed by atoms with Crippen molar-refractivity contribution in [3.63, 3.8) is 0 Å². The smallest absolute Gasteiger partial charge is 0.162 e. The molecule has 2 heterocycles. The summed E-state index contributed by atoms with van der Waals surface area (Å²) in [5.41, 5.74) is 5.08. The van der Waals surface area contributed by atoms with Crippen LogP contribution in [0.3, 0.4) is 0 Å². The van der Waals surface area contributed by atoms with Gasteiger partial charge in [0, 0.05) is 23.8 Å². The zero-order valence-corrected chi connectivity index (χ0v) is 17.0. The van der Waals surface area contributed by atoms with Crippen LogP contribution in [0.15, 0.2) is 60.9 Å². The highest BCUT2D eigenvalue weighted by molar-refractivity contribution is 5.89. The Kier molecular flexibility index (Phi) is 6.18. The molecule has 0 N–H and O–H groups in total. The van der Waals surface area contributed by atoms with Gasteiger partial charge < -0.3 is 9.30 Å². The van der Waals surface area contributed by atoms with Gasteiger partial charge in [0.05, 0.1) is 11.7 Å². The van der Waals surface area contributed by atoms with Crippen molar-refractivity contribution in [3.8, 4) is 5.75 Å². The van der Waals surface area contributed by atoms with Crippen LogP contribution >= 0.6 is 12.4 Å². The summed E-state index contributed by atoms with van der Waals surface area (Å²) in [6, 6.07) is 12.8. The van der Waals surface area contributed by atoms with Crippen molar-refractivity contribution < 1.29 is 13.5 Å². The highest BCUT2D eigenvalue weighted by Crippen LogP contribution is 2.32. The molecule has 0 atom stereocenters. The molecular weight excluding hydrogens is 394 g/mol. The summed E-state index contributed by atoms with van der Waals surface area (Å²) in [5.74, 6) is 0.147. The van der Waals surface area contributed by atoms with Crippen LogP contribution in [0.5, 0.6) is 5.75 Å². The van der Waals surface area contributed by atoms with Crippen molar-refractivity contribution in [1.29, 1.82) is 0 Å². The number of fused-ring (bicyclic) bond motifs is 1. The molecule has 0 aliphatic heterocycles. The first-order valence-electron chi connectivity index (χ1n) is 9.08. The molecule has 150 valence electrons. The van der Waals surface area contributed by atoms with Gasteiger partial charge in [0.25, 0.3) is 0 Å². The van der Waals surface area contributed by atoms with Gasteiger partial charge in [0.2, 0.25) is 0 Å². The molecule has 0 aliphatic rings. The van der Waals surface area contributed by atoms with Gasteiger partial charge in [-0.15, -0.1) is 12.4 Å². The second-order valence-corrected chi connectivity index (χ2v) is 6.87. The number of aryl methyl sites for hydroxylation is 1. The third-order valence-electron chi connectivity index (χ3n) is 5.07. The molecule has 4 rings (SSSR count). The number of halogens is 3. The maximum absolute atomic E-state index is 13.3. The highest BCUT2D eigenvalue weighted by Gasteiger charge is 2.16. The van der Waals surface area contributed by atoms with E-state index < -0.39 is 0 Å².